The lowest BCUT2D eigenvalue weighted by Crippen LogP contribution is -2.09. The Morgan fingerprint density at radius 2 is 1.48 bits per heavy atom. The molecule has 0 bridgehead atoms. The molecule has 0 amide bonds. The number of aromatic nitrogens is 2. The van der Waals surface area contributed by atoms with Gasteiger partial charge in [0.05, 0.1) is 11.9 Å². The molecule has 0 radical (unpaired) electrons. The van der Waals surface area contributed by atoms with Gasteiger partial charge >= 0.3 is 0 Å². The van der Waals surface area contributed by atoms with Crippen LogP contribution < -0.4 is 4.72 Å². The van der Waals surface area contributed by atoms with Crippen molar-refractivity contribution in [2.75, 3.05) is 17.2 Å². The van der Waals surface area contributed by atoms with E-state index in [1.54, 1.807) is 30.3 Å². The third-order valence-electron chi connectivity index (χ3n) is 2.50. The van der Waals surface area contributed by atoms with Gasteiger partial charge in [0.25, 0.3) is 0 Å². The van der Waals surface area contributed by atoms with Gasteiger partial charge in [-0.3, -0.25) is 4.72 Å². The molecule has 0 aliphatic heterocycles. The van der Waals surface area contributed by atoms with Crippen molar-refractivity contribution < 1.29 is 16.8 Å². The van der Waals surface area contributed by atoms with Crippen LogP contribution in [0.15, 0.2) is 41.4 Å². The van der Waals surface area contributed by atoms with Crippen LogP contribution in [-0.2, 0) is 19.9 Å². The van der Waals surface area contributed by atoms with Crippen LogP contribution in [0.2, 0.25) is 0 Å². The van der Waals surface area contributed by atoms with Gasteiger partial charge in [0, 0.05) is 17.5 Å². The van der Waals surface area contributed by atoms with Crippen molar-refractivity contribution in [3.63, 3.8) is 0 Å². The zero-order chi connectivity index (χ0) is 15.7. The van der Waals surface area contributed by atoms with Crippen LogP contribution in [0.5, 0.6) is 0 Å². The first kappa shape index (κ1) is 15.4. The Labute approximate surface area is 123 Å². The largest absolute Gasteiger partial charge is 0.284 e. The normalized spacial score (nSPS) is 12.1. The summed E-state index contributed by atoms with van der Waals surface area (Å²) in [7, 11) is -6.70. The molecule has 1 heterocycles. The fourth-order valence-corrected chi connectivity index (χ4v) is 2.66. The molecule has 7 nitrogen and oxygen atoms in total. The molecule has 0 aliphatic carbocycles. The van der Waals surface area contributed by atoms with E-state index >= 15 is 0 Å². The van der Waals surface area contributed by atoms with E-state index in [9.17, 15) is 16.8 Å². The number of rotatable bonds is 4. The minimum atomic E-state index is -3.38. The van der Waals surface area contributed by atoms with Gasteiger partial charge in [-0.05, 0) is 24.3 Å². The monoisotopic (exact) mass is 327 g/mol. The third-order valence-corrected chi connectivity index (χ3v) is 4.09. The lowest BCUT2D eigenvalue weighted by atomic mass is 10.1. The number of nitrogens with zero attached hydrogens (tertiary/aromatic N) is 2. The highest BCUT2D eigenvalue weighted by Gasteiger charge is 2.10. The number of anilines is 1. The molecule has 112 valence electrons. The number of hydrogen-bond donors (Lipinski definition) is 1. The Bertz CT molecular complexity index is 842. The highest BCUT2D eigenvalue weighted by molar-refractivity contribution is 7.92. The van der Waals surface area contributed by atoms with E-state index in [0.717, 1.165) is 12.5 Å². The first-order valence-corrected chi connectivity index (χ1v) is 9.55. The van der Waals surface area contributed by atoms with Crippen LogP contribution >= 0.6 is 0 Å². The zero-order valence-corrected chi connectivity index (χ0v) is 12.9. The summed E-state index contributed by atoms with van der Waals surface area (Å²) in [5.74, 6) is 0. The summed E-state index contributed by atoms with van der Waals surface area (Å²) in [6.07, 6.45) is 2.12. The zero-order valence-electron chi connectivity index (χ0n) is 11.3. The smallest absolute Gasteiger partial charge is 0.229 e. The molecular weight excluding hydrogens is 314 g/mol. The molecule has 0 saturated heterocycles. The fourth-order valence-electron chi connectivity index (χ4n) is 1.59. The van der Waals surface area contributed by atoms with Crippen molar-refractivity contribution in [2.45, 2.75) is 5.03 Å². The summed E-state index contributed by atoms with van der Waals surface area (Å²) in [5.41, 5.74) is 1.62. The maximum atomic E-state index is 11.3. The van der Waals surface area contributed by atoms with Crippen molar-refractivity contribution in [2.24, 2.45) is 0 Å². The van der Waals surface area contributed by atoms with Gasteiger partial charge in [-0.1, -0.05) is 12.1 Å². The Kier molecular flexibility index (Phi) is 3.97. The van der Waals surface area contributed by atoms with Crippen molar-refractivity contribution >= 4 is 25.5 Å². The van der Waals surface area contributed by atoms with Crippen molar-refractivity contribution in [3.05, 3.63) is 36.4 Å². The minimum absolute atomic E-state index is 0.0957. The predicted molar refractivity (Wildman–Crippen MR) is 79.0 cm³/mol. The maximum Gasteiger partial charge on any atom is 0.229 e. The second-order valence-corrected chi connectivity index (χ2v) is 8.19. The average molecular weight is 327 g/mol. The first-order valence-electron chi connectivity index (χ1n) is 5.77. The molecule has 0 fully saturated rings. The molecule has 1 N–H and O–H groups in total. The summed E-state index contributed by atoms with van der Waals surface area (Å²) in [5, 5.41) is 7.41. The Hall–Kier alpha value is -2.00. The summed E-state index contributed by atoms with van der Waals surface area (Å²) in [4.78, 5) is 0. The molecule has 1 aromatic carbocycles. The van der Waals surface area contributed by atoms with Gasteiger partial charge in [-0.2, -0.15) is 0 Å². The predicted octanol–water partition coefficient (Wildman–Crippen LogP) is 0.919. The van der Waals surface area contributed by atoms with E-state index in [1.807, 2.05) is 0 Å². The summed E-state index contributed by atoms with van der Waals surface area (Å²) in [6.45, 7) is 0. The van der Waals surface area contributed by atoms with Gasteiger partial charge in [-0.15, -0.1) is 10.2 Å². The van der Waals surface area contributed by atoms with Gasteiger partial charge in [-0.25, -0.2) is 16.8 Å². The van der Waals surface area contributed by atoms with Gasteiger partial charge in [0.1, 0.15) is 0 Å². The molecule has 21 heavy (non-hydrogen) atoms. The van der Waals surface area contributed by atoms with E-state index in [2.05, 4.69) is 14.9 Å². The molecule has 1 aromatic heterocycles. The second-order valence-electron chi connectivity index (χ2n) is 4.48. The second kappa shape index (κ2) is 5.41. The van der Waals surface area contributed by atoms with Crippen molar-refractivity contribution in [1.82, 2.24) is 10.2 Å². The molecule has 0 saturated carbocycles. The highest BCUT2D eigenvalue weighted by atomic mass is 32.2. The molecule has 2 rings (SSSR count). The maximum absolute atomic E-state index is 11.3. The Morgan fingerprint density at radius 1 is 0.857 bits per heavy atom. The third kappa shape index (κ3) is 4.23. The summed E-state index contributed by atoms with van der Waals surface area (Å²) < 4.78 is 47.1. The van der Waals surface area contributed by atoms with E-state index in [1.165, 1.54) is 6.07 Å². The Morgan fingerprint density at radius 3 is 1.90 bits per heavy atom. The SMILES string of the molecule is CS(=O)(=O)Nc1ccc(-c2ccc(S(C)(=O)=O)nn2)cc1. The summed E-state index contributed by atoms with van der Waals surface area (Å²) >= 11 is 0. The van der Waals surface area contributed by atoms with Crippen LogP contribution in [0.25, 0.3) is 11.3 Å². The van der Waals surface area contributed by atoms with Crippen molar-refractivity contribution in [3.8, 4) is 11.3 Å². The van der Waals surface area contributed by atoms with Crippen LogP contribution in [0.1, 0.15) is 0 Å². The standard InChI is InChI=1S/C12H13N3O4S2/c1-20(16,17)12-8-7-11(13-14-12)9-3-5-10(6-4-9)15-21(2,18)19/h3-8,15H,1-2H3. The van der Waals surface area contributed by atoms with Gasteiger partial charge in [0.2, 0.25) is 10.0 Å². The summed E-state index contributed by atoms with van der Waals surface area (Å²) in [6, 6.07) is 9.42. The quantitative estimate of drug-likeness (QED) is 0.895. The van der Waals surface area contributed by atoms with Gasteiger partial charge in [0.15, 0.2) is 14.9 Å². The molecule has 0 spiro atoms. The Balaban J connectivity index is 2.27. The van der Waals surface area contributed by atoms with E-state index in [0.29, 0.717) is 16.9 Å². The number of benzene rings is 1. The first-order chi connectivity index (χ1) is 9.65. The van der Waals surface area contributed by atoms with Crippen LogP contribution in [0, 0.1) is 0 Å². The number of sulfonamides is 1. The van der Waals surface area contributed by atoms with Gasteiger partial charge < -0.3 is 0 Å². The number of sulfone groups is 1. The molecule has 0 aliphatic rings. The number of hydrogen-bond acceptors (Lipinski definition) is 6. The van der Waals surface area contributed by atoms with Crippen LogP contribution in [-0.4, -0.2) is 39.5 Å². The van der Waals surface area contributed by atoms with E-state index in [-0.39, 0.29) is 5.03 Å². The topological polar surface area (TPSA) is 106 Å². The fraction of sp³-hybridized carbons (Fsp3) is 0.167. The molecular formula is C12H13N3O4S2. The van der Waals surface area contributed by atoms with E-state index < -0.39 is 19.9 Å². The van der Waals surface area contributed by atoms with Crippen molar-refractivity contribution in [1.29, 1.82) is 0 Å². The lowest BCUT2D eigenvalue weighted by Gasteiger charge is -2.05. The van der Waals surface area contributed by atoms with Crippen LogP contribution in [0.4, 0.5) is 5.69 Å². The van der Waals surface area contributed by atoms with Crippen LogP contribution in [0.3, 0.4) is 0 Å². The van der Waals surface area contributed by atoms with E-state index in [4.69, 9.17) is 0 Å². The molecule has 0 atom stereocenters. The highest BCUT2D eigenvalue weighted by Crippen LogP contribution is 2.20. The molecule has 2 aromatic rings. The minimum Gasteiger partial charge on any atom is -0.284 e. The molecule has 0 unspecified atom stereocenters. The lowest BCUT2D eigenvalue weighted by molar-refractivity contribution is 0.596. The molecule has 9 heteroatoms. The number of nitrogens with one attached hydrogen (secondary N) is 1. The average Bonchev–Trinajstić information content (AvgIpc) is 2.37.